The van der Waals surface area contributed by atoms with E-state index in [2.05, 4.69) is 59.4 Å². The molecule has 344 valence electrons. The van der Waals surface area contributed by atoms with E-state index in [4.69, 9.17) is 15.0 Å². The van der Waals surface area contributed by atoms with Gasteiger partial charge in [0.05, 0.1) is 67.9 Å². The van der Waals surface area contributed by atoms with Crippen molar-refractivity contribution >= 4 is 50.3 Å². The molecule has 2 N–H and O–H groups in total. The van der Waals surface area contributed by atoms with Crippen molar-refractivity contribution in [1.82, 2.24) is 24.3 Å². The molecule has 5 aromatic rings. The van der Waals surface area contributed by atoms with Gasteiger partial charge in [-0.25, -0.2) is 15.0 Å². The smallest absolute Gasteiger partial charge is 0.261 e. The number of rotatable bonds is 16. The molecule has 0 radical (unpaired) electrons. The van der Waals surface area contributed by atoms with Gasteiger partial charge in [0.15, 0.2) is 0 Å². The van der Waals surface area contributed by atoms with Gasteiger partial charge in [0, 0.05) is 48.5 Å². The quantitative estimate of drug-likeness (QED) is 0.0944. The molecule has 0 spiro atoms. The van der Waals surface area contributed by atoms with Crippen LogP contribution >= 0.6 is 0 Å². The number of H-pyrrole nitrogens is 1. The van der Waals surface area contributed by atoms with Crippen LogP contribution in [0.1, 0.15) is 113 Å². The van der Waals surface area contributed by atoms with Crippen molar-refractivity contribution < 1.29 is 0 Å². The fraction of sp³-hybridized carbons (Fsp3) is 0.304. The van der Waals surface area contributed by atoms with Crippen LogP contribution in [0.25, 0.3) is 33.2 Å². The molecular weight excluding hydrogens is 849 g/mol. The van der Waals surface area contributed by atoms with Crippen molar-refractivity contribution in [3.05, 3.63) is 195 Å². The number of aromatic nitrogens is 3. The average molecular weight is 905 g/mol. The van der Waals surface area contributed by atoms with Gasteiger partial charge in [0.25, 0.3) is 22.2 Å². The molecular formula is C56H56N8O4. The van der Waals surface area contributed by atoms with Crippen LogP contribution in [0.5, 0.6) is 0 Å². The first kappa shape index (κ1) is 44.4. The number of nitrogens with one attached hydrogen (secondary N) is 2. The Morgan fingerprint density at radius 3 is 1.87 bits per heavy atom. The molecule has 0 aliphatic carbocycles. The van der Waals surface area contributed by atoms with Crippen molar-refractivity contribution in [3.8, 4) is 0 Å². The molecule has 2 aromatic carbocycles. The van der Waals surface area contributed by atoms with Crippen LogP contribution in [0.4, 0.5) is 0 Å². The van der Waals surface area contributed by atoms with Crippen molar-refractivity contribution in [2.75, 3.05) is 7.05 Å². The van der Waals surface area contributed by atoms with Crippen LogP contribution < -0.4 is 27.6 Å². The summed E-state index contributed by atoms with van der Waals surface area (Å²) in [5.74, 6) is 0.912. The summed E-state index contributed by atoms with van der Waals surface area (Å²) in [6.45, 7) is 4.75. The molecule has 12 heteroatoms. The maximum absolute atomic E-state index is 13.9. The number of hydrogen-bond acceptors (Lipinski definition) is 9. The second kappa shape index (κ2) is 19.0. The third-order valence-electron chi connectivity index (χ3n) is 13.6. The molecule has 12 nitrogen and oxygen atoms in total. The first-order valence-corrected chi connectivity index (χ1v) is 24.3. The number of allylic oxidation sites excluding steroid dienone is 8. The molecule has 8 heterocycles. The number of fused-ring (bicyclic) bond motifs is 7. The molecule has 5 aliphatic rings. The zero-order chi connectivity index (χ0) is 46.9. The Balaban J connectivity index is 0.995. The second-order valence-corrected chi connectivity index (χ2v) is 18.3. The number of benzene rings is 2. The van der Waals surface area contributed by atoms with Gasteiger partial charge < -0.3 is 15.2 Å². The summed E-state index contributed by atoms with van der Waals surface area (Å²) >= 11 is 0. The highest BCUT2D eigenvalue weighted by Crippen LogP contribution is 2.35. The summed E-state index contributed by atoms with van der Waals surface area (Å²) in [6.07, 6.45) is 31.1. The molecule has 3 aromatic heterocycles. The molecule has 10 rings (SSSR count). The fourth-order valence-electron chi connectivity index (χ4n) is 9.93. The van der Waals surface area contributed by atoms with Gasteiger partial charge in [-0.05, 0) is 97.2 Å². The van der Waals surface area contributed by atoms with Crippen LogP contribution in [-0.4, -0.2) is 43.2 Å². The predicted molar refractivity (Wildman–Crippen MR) is 276 cm³/mol. The van der Waals surface area contributed by atoms with Crippen molar-refractivity contribution in [3.63, 3.8) is 0 Å². The van der Waals surface area contributed by atoms with Gasteiger partial charge in [-0.15, -0.1) is 0 Å². The minimum absolute atomic E-state index is 0.0279. The number of nitrogens with zero attached hydrogens (tertiary/aromatic N) is 6. The minimum atomic E-state index is -0.482. The maximum Gasteiger partial charge on any atom is 0.261 e. The van der Waals surface area contributed by atoms with Crippen LogP contribution in [-0.2, 0) is 13.1 Å². The van der Waals surface area contributed by atoms with E-state index in [1.165, 1.54) is 47.0 Å². The molecule has 5 aliphatic heterocycles. The van der Waals surface area contributed by atoms with Crippen molar-refractivity contribution in [2.45, 2.75) is 104 Å². The van der Waals surface area contributed by atoms with Crippen molar-refractivity contribution in [2.24, 2.45) is 15.0 Å². The Bertz CT molecular complexity index is 3350. The van der Waals surface area contributed by atoms with Gasteiger partial charge in [-0.3, -0.25) is 28.3 Å². The van der Waals surface area contributed by atoms with Gasteiger partial charge in [-0.1, -0.05) is 95.9 Å². The third kappa shape index (κ3) is 8.44. The molecule has 0 amide bonds. The molecule has 0 atom stereocenters. The van der Waals surface area contributed by atoms with Gasteiger partial charge in [0.1, 0.15) is 5.82 Å². The highest BCUT2D eigenvalue weighted by molar-refractivity contribution is 6.33. The van der Waals surface area contributed by atoms with E-state index < -0.39 is 22.2 Å². The number of aliphatic imine (C=N–C) groups is 3. The molecule has 0 unspecified atom stereocenters. The molecule has 0 fully saturated rings. The zero-order valence-corrected chi connectivity index (χ0v) is 39.0. The Morgan fingerprint density at radius 2 is 1.18 bits per heavy atom. The third-order valence-corrected chi connectivity index (χ3v) is 13.6. The lowest BCUT2D eigenvalue weighted by atomic mass is 9.99. The monoisotopic (exact) mass is 904 g/mol. The lowest BCUT2D eigenvalue weighted by Crippen LogP contribution is -2.26. The maximum atomic E-state index is 13.9. The highest BCUT2D eigenvalue weighted by Gasteiger charge is 2.27. The summed E-state index contributed by atoms with van der Waals surface area (Å²) in [7, 11) is 2.02. The van der Waals surface area contributed by atoms with E-state index >= 15 is 0 Å². The van der Waals surface area contributed by atoms with Crippen LogP contribution in [0.3, 0.4) is 0 Å². The van der Waals surface area contributed by atoms with Gasteiger partial charge in [0.2, 0.25) is 0 Å². The standard InChI is InChI=1S/C56H56N8O4/c1-4-6-8-10-12-14-29-63-53(65)40-32-42-43(33-41(40)54(63)66)56(68)64(55(42)67)34-35-16-18-36(19-17-35)50-46-22-20-37(58-46)31-38-21-23-48(59-38)51(52-57-28-30-62(52)3)49-27-25-45(61-49)39(15-13-11-9-7-5-2)44-24-26-47(50)60-44/h16-28,30-33,57-58H,4-15,29,34H2,1-3H3/b38-31?,45-39?,50-47?,52-51+. The van der Waals surface area contributed by atoms with Crippen LogP contribution in [0, 0.1) is 0 Å². The minimum Gasteiger partial charge on any atom is -0.355 e. The Morgan fingerprint density at radius 1 is 0.574 bits per heavy atom. The van der Waals surface area contributed by atoms with E-state index in [-0.39, 0.29) is 28.1 Å². The largest absolute Gasteiger partial charge is 0.355 e. The van der Waals surface area contributed by atoms with E-state index in [0.29, 0.717) is 6.54 Å². The summed E-state index contributed by atoms with van der Waals surface area (Å²) in [4.78, 5) is 76.0. The number of aromatic amines is 1. The lowest BCUT2D eigenvalue weighted by Gasteiger charge is -2.17. The van der Waals surface area contributed by atoms with E-state index in [9.17, 15) is 19.2 Å². The van der Waals surface area contributed by atoms with E-state index in [1.54, 1.807) is 0 Å². The number of hydrogen-bond donors (Lipinski definition) is 2. The zero-order valence-electron chi connectivity index (χ0n) is 39.0. The topological polar surface area (TPSA) is 146 Å². The number of unbranched alkanes of at least 4 members (excludes halogenated alkanes) is 9. The average Bonchev–Trinajstić information content (AvgIpc) is 4.24. The van der Waals surface area contributed by atoms with Crippen LogP contribution in [0.2, 0.25) is 0 Å². The summed E-state index contributed by atoms with van der Waals surface area (Å²) < 4.78 is 2.45. The first-order chi connectivity index (χ1) is 33.2. The van der Waals surface area contributed by atoms with Crippen molar-refractivity contribution in [1.29, 1.82) is 0 Å². The lowest BCUT2D eigenvalue weighted by molar-refractivity contribution is 0.547. The second-order valence-electron chi connectivity index (χ2n) is 18.3. The molecule has 0 saturated carbocycles. The molecule has 68 heavy (non-hydrogen) atoms. The van der Waals surface area contributed by atoms with E-state index in [1.807, 2.05) is 68.0 Å². The Kier molecular flexibility index (Phi) is 12.4. The Labute approximate surface area is 394 Å². The summed E-state index contributed by atoms with van der Waals surface area (Å²) in [6, 6.07) is 14.8. The first-order valence-electron chi connectivity index (χ1n) is 24.3. The predicted octanol–water partition coefficient (Wildman–Crippen LogP) is 9.63. The summed E-state index contributed by atoms with van der Waals surface area (Å²) in [5.41, 5.74) is 9.56. The normalized spacial score (nSPS) is 17.4. The fourth-order valence-corrected chi connectivity index (χ4v) is 9.93. The van der Waals surface area contributed by atoms with Gasteiger partial charge >= 0.3 is 0 Å². The highest BCUT2D eigenvalue weighted by atomic mass is 16.2. The summed E-state index contributed by atoms with van der Waals surface area (Å²) in [5, 5.41) is 4.09. The van der Waals surface area contributed by atoms with Gasteiger partial charge in [-0.2, -0.15) is 0 Å². The van der Waals surface area contributed by atoms with Crippen LogP contribution in [0.15, 0.2) is 166 Å². The molecule has 0 saturated heterocycles. The SMILES string of the molecule is CCCCCCCCn1c(=O)c2cc3c(=O)n(Cc4ccc(C5=C6C=CC(=N6)C(CCCCCCC)=C6C=CC(=N6)/C(=C6\NC=CN6C)C6=NC(=Cc7ccc5[nH]7)C=C6)cc4)c(=O)c3cc2c1=O. The van der Waals surface area contributed by atoms with E-state index in [0.717, 1.165) is 131 Å². The molecule has 8 bridgehead atoms. The Hall–Kier alpha value is -7.47.